The molecule has 0 radical (unpaired) electrons. The Bertz CT molecular complexity index is 1210. The first kappa shape index (κ1) is 21.8. The van der Waals surface area contributed by atoms with Crippen LogP contribution in [0, 0.1) is 24.4 Å². The number of hydrogen-bond donors (Lipinski definition) is 0. The Morgan fingerprint density at radius 3 is 2.17 bits per heavy atom. The smallest absolute Gasteiger partial charge is 0.298 e. The van der Waals surface area contributed by atoms with Gasteiger partial charge in [-0.2, -0.15) is 9.59 Å². The predicted molar refractivity (Wildman–Crippen MR) is 93.9 cm³/mol. The topological polar surface area (TPSA) is 90.3 Å². The van der Waals surface area contributed by atoms with Gasteiger partial charge in [0, 0.05) is 23.4 Å². The average Bonchev–Trinajstić information content (AvgIpc) is 2.99. The van der Waals surface area contributed by atoms with Gasteiger partial charge in [-0.1, -0.05) is 6.07 Å². The molecule has 0 N–H and O–H groups in total. The van der Waals surface area contributed by atoms with E-state index in [0.717, 1.165) is 30.5 Å². The molecule has 0 saturated heterocycles. The molecule has 0 aliphatic heterocycles. The van der Waals surface area contributed by atoms with Crippen LogP contribution in [0.5, 0.6) is 0 Å². The first-order valence-corrected chi connectivity index (χ1v) is 9.24. The molecule has 1 aromatic heterocycles. The number of benzene rings is 2. The van der Waals surface area contributed by atoms with Crippen molar-refractivity contribution >= 4 is 22.5 Å². The molecular formula is C19H12F3NO5S. The van der Waals surface area contributed by atoms with E-state index in [0.29, 0.717) is 16.3 Å². The van der Waals surface area contributed by atoms with Gasteiger partial charge >= 0.3 is 6.15 Å². The Morgan fingerprint density at radius 1 is 1.00 bits per heavy atom. The van der Waals surface area contributed by atoms with Crippen LogP contribution in [0.3, 0.4) is 0 Å². The quantitative estimate of drug-likeness (QED) is 0.601. The molecule has 1 heterocycles. The highest BCUT2D eigenvalue weighted by atomic mass is 32.2. The standard InChI is InChI=1S/C18H12F3NO3S.CO2/c1-11-12(10-23)9-22(18(11)16-6-5-14(20)8-17(16)21)26(24,25)15-4-2-3-13(19)7-15;2-1-3/h2-10H,1H3;. The summed E-state index contributed by atoms with van der Waals surface area (Å²) in [6.45, 7) is 1.44. The molecule has 3 aromatic rings. The van der Waals surface area contributed by atoms with Gasteiger partial charge in [-0.25, -0.2) is 25.6 Å². The summed E-state index contributed by atoms with van der Waals surface area (Å²) in [6.07, 6.45) is 1.71. The molecule has 0 atom stereocenters. The SMILES string of the molecule is Cc1c(C=O)cn(S(=O)(=O)c2cccc(F)c2)c1-c1ccc(F)cc1F.O=C=O. The zero-order chi connectivity index (χ0) is 21.8. The first-order valence-electron chi connectivity index (χ1n) is 7.80. The third-order valence-electron chi connectivity index (χ3n) is 3.93. The van der Waals surface area contributed by atoms with Gasteiger partial charge in [0.15, 0.2) is 6.29 Å². The van der Waals surface area contributed by atoms with Gasteiger partial charge in [0.1, 0.15) is 17.5 Å². The average molecular weight is 423 g/mol. The van der Waals surface area contributed by atoms with Crippen molar-refractivity contribution < 1.29 is 36.0 Å². The molecule has 3 rings (SSSR count). The number of rotatable bonds is 4. The van der Waals surface area contributed by atoms with E-state index in [2.05, 4.69) is 0 Å². The van der Waals surface area contributed by atoms with Gasteiger partial charge in [0.25, 0.3) is 10.0 Å². The number of carbonyl (C=O) groups is 1. The minimum atomic E-state index is -4.32. The number of halogens is 3. The third-order valence-corrected chi connectivity index (χ3v) is 5.59. The maximum atomic E-state index is 14.3. The Kier molecular flexibility index (Phi) is 6.53. The molecule has 0 aliphatic rings. The molecule has 29 heavy (non-hydrogen) atoms. The second-order valence-corrected chi connectivity index (χ2v) is 7.46. The van der Waals surface area contributed by atoms with Crippen molar-refractivity contribution in [3.05, 3.63) is 77.2 Å². The highest BCUT2D eigenvalue weighted by Crippen LogP contribution is 2.32. The van der Waals surface area contributed by atoms with Crippen LogP contribution in [0.15, 0.2) is 53.6 Å². The minimum Gasteiger partial charge on any atom is -0.298 e. The van der Waals surface area contributed by atoms with E-state index >= 15 is 0 Å². The predicted octanol–water partition coefficient (Wildman–Crippen LogP) is 3.35. The molecule has 0 amide bonds. The molecule has 10 heteroatoms. The van der Waals surface area contributed by atoms with Crippen molar-refractivity contribution in [1.29, 1.82) is 0 Å². The molecule has 0 bridgehead atoms. The van der Waals surface area contributed by atoms with Crippen LogP contribution in [0.1, 0.15) is 15.9 Å². The fourth-order valence-electron chi connectivity index (χ4n) is 2.64. The zero-order valence-electron chi connectivity index (χ0n) is 14.7. The highest BCUT2D eigenvalue weighted by Gasteiger charge is 2.26. The van der Waals surface area contributed by atoms with Crippen LogP contribution < -0.4 is 0 Å². The van der Waals surface area contributed by atoms with Crippen molar-refractivity contribution in [2.45, 2.75) is 11.8 Å². The monoisotopic (exact) mass is 423 g/mol. The summed E-state index contributed by atoms with van der Waals surface area (Å²) in [5.74, 6) is -2.58. The number of carbonyl (C=O) groups excluding carboxylic acids is 3. The van der Waals surface area contributed by atoms with Crippen molar-refractivity contribution in [1.82, 2.24) is 3.97 Å². The lowest BCUT2D eigenvalue weighted by Crippen LogP contribution is -2.14. The molecule has 150 valence electrons. The van der Waals surface area contributed by atoms with Gasteiger partial charge in [-0.3, -0.25) is 4.79 Å². The maximum Gasteiger partial charge on any atom is 0.373 e. The number of hydrogen-bond acceptors (Lipinski definition) is 5. The van der Waals surface area contributed by atoms with E-state index < -0.39 is 27.5 Å². The third kappa shape index (κ3) is 4.34. The second-order valence-electron chi connectivity index (χ2n) is 5.64. The summed E-state index contributed by atoms with van der Waals surface area (Å²) < 4.78 is 67.5. The normalized spacial score (nSPS) is 10.6. The van der Waals surface area contributed by atoms with Crippen molar-refractivity contribution in [2.24, 2.45) is 0 Å². The summed E-state index contributed by atoms with van der Waals surface area (Å²) in [5.41, 5.74) is -0.111. The van der Waals surface area contributed by atoms with E-state index in [4.69, 9.17) is 9.59 Å². The van der Waals surface area contributed by atoms with Crippen LogP contribution in [-0.2, 0) is 19.6 Å². The summed E-state index contributed by atoms with van der Waals surface area (Å²) >= 11 is 0. The lowest BCUT2D eigenvalue weighted by atomic mass is 10.1. The van der Waals surface area contributed by atoms with Crippen LogP contribution >= 0.6 is 0 Å². The molecule has 0 aliphatic carbocycles. The van der Waals surface area contributed by atoms with Crippen molar-refractivity contribution in [3.8, 4) is 11.3 Å². The van der Waals surface area contributed by atoms with Gasteiger partial charge in [0.05, 0.1) is 10.6 Å². The molecular weight excluding hydrogens is 411 g/mol. The highest BCUT2D eigenvalue weighted by molar-refractivity contribution is 7.90. The number of nitrogens with zero attached hydrogens (tertiary/aromatic N) is 1. The van der Waals surface area contributed by atoms with E-state index in [-0.39, 0.29) is 33.4 Å². The van der Waals surface area contributed by atoms with E-state index in [1.54, 1.807) is 0 Å². The van der Waals surface area contributed by atoms with Gasteiger partial charge in [-0.05, 0) is 42.8 Å². The fourth-order valence-corrected chi connectivity index (χ4v) is 4.11. The lowest BCUT2D eigenvalue weighted by molar-refractivity contribution is -0.191. The van der Waals surface area contributed by atoms with Crippen molar-refractivity contribution in [2.75, 3.05) is 0 Å². The Balaban J connectivity index is 0.000000941. The van der Waals surface area contributed by atoms with Crippen LogP contribution in [-0.4, -0.2) is 24.8 Å². The Morgan fingerprint density at radius 2 is 1.62 bits per heavy atom. The Labute approximate surface area is 163 Å². The van der Waals surface area contributed by atoms with Gasteiger partial charge in [0.2, 0.25) is 0 Å². The fraction of sp³-hybridized carbons (Fsp3) is 0.0526. The molecule has 0 unspecified atom stereocenters. The summed E-state index contributed by atoms with van der Waals surface area (Å²) in [6, 6.07) is 6.97. The minimum absolute atomic E-state index is 0.0173. The maximum absolute atomic E-state index is 14.3. The summed E-state index contributed by atoms with van der Waals surface area (Å²) in [5, 5.41) is 0. The lowest BCUT2D eigenvalue weighted by Gasteiger charge is -2.12. The second kappa shape index (κ2) is 8.68. The number of aromatic nitrogens is 1. The Hall–Kier alpha value is -3.49. The van der Waals surface area contributed by atoms with E-state index in [1.807, 2.05) is 0 Å². The molecule has 0 spiro atoms. The zero-order valence-corrected chi connectivity index (χ0v) is 15.5. The molecule has 2 aromatic carbocycles. The van der Waals surface area contributed by atoms with Gasteiger partial charge < -0.3 is 0 Å². The first-order chi connectivity index (χ1) is 13.7. The van der Waals surface area contributed by atoms with Crippen LogP contribution in [0.2, 0.25) is 0 Å². The van der Waals surface area contributed by atoms with Gasteiger partial charge in [-0.15, -0.1) is 0 Å². The van der Waals surface area contributed by atoms with E-state index in [1.165, 1.54) is 19.1 Å². The van der Waals surface area contributed by atoms with Crippen molar-refractivity contribution in [3.63, 3.8) is 0 Å². The van der Waals surface area contributed by atoms with Crippen LogP contribution in [0.4, 0.5) is 13.2 Å². The summed E-state index contributed by atoms with van der Waals surface area (Å²) in [7, 11) is -4.32. The molecule has 0 fully saturated rings. The van der Waals surface area contributed by atoms with Crippen LogP contribution in [0.25, 0.3) is 11.3 Å². The molecule has 6 nitrogen and oxygen atoms in total. The number of aldehydes is 1. The summed E-state index contributed by atoms with van der Waals surface area (Å²) in [4.78, 5) is 27.1. The molecule has 0 saturated carbocycles. The van der Waals surface area contributed by atoms with E-state index in [9.17, 15) is 26.4 Å². The largest absolute Gasteiger partial charge is 0.373 e.